The number of halogens is 2. The van der Waals surface area contributed by atoms with E-state index in [0.29, 0.717) is 25.0 Å². The molecule has 0 unspecified atom stereocenters. The van der Waals surface area contributed by atoms with Gasteiger partial charge in [-0.2, -0.15) is 0 Å². The SMILES string of the molecule is O=C1/C(=C/c2ccc(Cl)cc2)SC(=S)N1c1cccc(Cl)c1. The van der Waals surface area contributed by atoms with Crippen molar-refractivity contribution in [1.82, 2.24) is 0 Å². The van der Waals surface area contributed by atoms with Crippen molar-refractivity contribution in [2.24, 2.45) is 0 Å². The van der Waals surface area contributed by atoms with Crippen molar-refractivity contribution in [3.8, 4) is 0 Å². The van der Waals surface area contributed by atoms with Crippen LogP contribution in [0.15, 0.2) is 53.4 Å². The molecule has 1 fully saturated rings. The van der Waals surface area contributed by atoms with Crippen LogP contribution in [0.1, 0.15) is 5.56 Å². The number of nitrogens with zero attached hydrogens (tertiary/aromatic N) is 1. The summed E-state index contributed by atoms with van der Waals surface area (Å²) in [6, 6.07) is 14.4. The van der Waals surface area contributed by atoms with E-state index < -0.39 is 0 Å². The van der Waals surface area contributed by atoms with E-state index in [0.717, 1.165) is 5.56 Å². The molecule has 1 saturated heterocycles. The van der Waals surface area contributed by atoms with Crippen LogP contribution < -0.4 is 4.90 Å². The predicted molar refractivity (Wildman–Crippen MR) is 98.6 cm³/mol. The average molecular weight is 366 g/mol. The third kappa shape index (κ3) is 3.20. The molecule has 1 aliphatic heterocycles. The second-order valence-corrected chi connectivity index (χ2v) is 7.10. The third-order valence-electron chi connectivity index (χ3n) is 3.03. The highest BCUT2D eigenvalue weighted by molar-refractivity contribution is 8.27. The Morgan fingerprint density at radius 3 is 2.45 bits per heavy atom. The number of carbonyl (C=O) groups excluding carboxylic acids is 1. The quantitative estimate of drug-likeness (QED) is 0.524. The molecular formula is C16H9Cl2NOS2. The minimum absolute atomic E-state index is 0.146. The number of anilines is 1. The maximum atomic E-state index is 12.6. The Morgan fingerprint density at radius 2 is 1.77 bits per heavy atom. The van der Waals surface area contributed by atoms with E-state index in [-0.39, 0.29) is 5.91 Å². The van der Waals surface area contributed by atoms with Gasteiger partial charge in [0.2, 0.25) is 0 Å². The fourth-order valence-corrected chi connectivity index (χ4v) is 3.63. The van der Waals surface area contributed by atoms with Gasteiger partial charge in [0.25, 0.3) is 5.91 Å². The summed E-state index contributed by atoms with van der Waals surface area (Å²) in [7, 11) is 0. The summed E-state index contributed by atoms with van der Waals surface area (Å²) in [5, 5.41) is 1.22. The van der Waals surface area contributed by atoms with E-state index in [1.165, 1.54) is 16.7 Å². The van der Waals surface area contributed by atoms with Crippen LogP contribution in [-0.2, 0) is 4.79 Å². The summed E-state index contributed by atoms with van der Waals surface area (Å²) in [6.45, 7) is 0. The summed E-state index contributed by atoms with van der Waals surface area (Å²) in [4.78, 5) is 14.6. The van der Waals surface area contributed by atoms with Crippen LogP contribution in [0.5, 0.6) is 0 Å². The topological polar surface area (TPSA) is 20.3 Å². The van der Waals surface area contributed by atoms with E-state index in [4.69, 9.17) is 35.4 Å². The molecule has 6 heteroatoms. The van der Waals surface area contributed by atoms with Crippen LogP contribution in [0, 0.1) is 0 Å². The zero-order valence-corrected chi connectivity index (χ0v) is 14.3. The number of benzene rings is 2. The smallest absolute Gasteiger partial charge is 0.268 e. The molecule has 0 aliphatic carbocycles. The Balaban J connectivity index is 1.93. The molecule has 1 heterocycles. The molecule has 2 aromatic rings. The number of thiocarbonyl (C=S) groups is 1. The first-order chi connectivity index (χ1) is 10.5. The van der Waals surface area contributed by atoms with Crippen molar-refractivity contribution < 1.29 is 4.79 Å². The zero-order valence-electron chi connectivity index (χ0n) is 11.1. The van der Waals surface area contributed by atoms with E-state index in [2.05, 4.69) is 0 Å². The predicted octanol–water partition coefficient (Wildman–Crippen LogP) is 5.40. The van der Waals surface area contributed by atoms with Crippen molar-refractivity contribution in [3.63, 3.8) is 0 Å². The van der Waals surface area contributed by atoms with Gasteiger partial charge in [0, 0.05) is 10.0 Å². The second-order valence-electron chi connectivity index (χ2n) is 4.55. The molecule has 0 atom stereocenters. The molecule has 1 aliphatic rings. The molecule has 2 nitrogen and oxygen atoms in total. The fraction of sp³-hybridized carbons (Fsp3) is 0. The number of hydrogen-bond acceptors (Lipinski definition) is 3. The molecule has 0 N–H and O–H groups in total. The van der Waals surface area contributed by atoms with Crippen molar-refractivity contribution in [2.75, 3.05) is 4.90 Å². The molecule has 0 radical (unpaired) electrons. The summed E-state index contributed by atoms with van der Waals surface area (Å²) in [6.07, 6.45) is 1.81. The van der Waals surface area contributed by atoms with Gasteiger partial charge in [-0.05, 0) is 42.0 Å². The van der Waals surface area contributed by atoms with Crippen LogP contribution in [0.25, 0.3) is 6.08 Å². The summed E-state index contributed by atoms with van der Waals surface area (Å²) >= 11 is 18.4. The Morgan fingerprint density at radius 1 is 1.05 bits per heavy atom. The van der Waals surface area contributed by atoms with Crippen LogP contribution in [0.2, 0.25) is 10.0 Å². The number of amides is 1. The summed E-state index contributed by atoms with van der Waals surface area (Å²) in [5.74, 6) is -0.146. The van der Waals surface area contributed by atoms with E-state index >= 15 is 0 Å². The first-order valence-electron chi connectivity index (χ1n) is 6.34. The van der Waals surface area contributed by atoms with E-state index in [9.17, 15) is 4.79 Å². The second kappa shape index (κ2) is 6.42. The van der Waals surface area contributed by atoms with Gasteiger partial charge in [-0.25, -0.2) is 0 Å². The van der Waals surface area contributed by atoms with Crippen molar-refractivity contribution >= 4 is 69.2 Å². The Labute approximate surface area is 147 Å². The highest BCUT2D eigenvalue weighted by atomic mass is 35.5. The van der Waals surface area contributed by atoms with Crippen LogP contribution in [0.3, 0.4) is 0 Å². The monoisotopic (exact) mass is 365 g/mol. The number of rotatable bonds is 2. The van der Waals surface area contributed by atoms with Gasteiger partial charge in [0.05, 0.1) is 10.6 Å². The van der Waals surface area contributed by atoms with Crippen LogP contribution in [0.4, 0.5) is 5.69 Å². The molecule has 0 saturated carbocycles. The van der Waals surface area contributed by atoms with Gasteiger partial charge >= 0.3 is 0 Å². The van der Waals surface area contributed by atoms with Crippen molar-refractivity contribution in [3.05, 3.63) is 69.0 Å². The first-order valence-corrected chi connectivity index (χ1v) is 8.32. The maximum absolute atomic E-state index is 12.6. The first kappa shape index (κ1) is 15.6. The lowest BCUT2D eigenvalue weighted by atomic mass is 10.2. The Bertz CT molecular complexity index is 787. The fourth-order valence-electron chi connectivity index (χ4n) is 2.02. The number of thioether (sulfide) groups is 1. The Kier molecular flexibility index (Phi) is 4.54. The molecular weight excluding hydrogens is 357 g/mol. The Hall–Kier alpha value is -1.33. The summed E-state index contributed by atoms with van der Waals surface area (Å²) in [5.41, 5.74) is 1.57. The lowest BCUT2D eigenvalue weighted by molar-refractivity contribution is -0.113. The maximum Gasteiger partial charge on any atom is 0.270 e. The van der Waals surface area contributed by atoms with Crippen molar-refractivity contribution in [1.29, 1.82) is 0 Å². The highest BCUT2D eigenvalue weighted by Crippen LogP contribution is 2.36. The largest absolute Gasteiger partial charge is 0.270 e. The van der Waals surface area contributed by atoms with E-state index in [1.54, 1.807) is 36.4 Å². The van der Waals surface area contributed by atoms with Crippen LogP contribution in [-0.4, -0.2) is 10.2 Å². The van der Waals surface area contributed by atoms with Crippen molar-refractivity contribution in [2.45, 2.75) is 0 Å². The van der Waals surface area contributed by atoms with Gasteiger partial charge in [0.1, 0.15) is 0 Å². The lowest BCUT2D eigenvalue weighted by Crippen LogP contribution is -2.27. The van der Waals surface area contributed by atoms with Gasteiger partial charge in [-0.1, -0.05) is 65.4 Å². The minimum atomic E-state index is -0.146. The van der Waals surface area contributed by atoms with Gasteiger partial charge < -0.3 is 0 Å². The average Bonchev–Trinajstić information content (AvgIpc) is 2.76. The van der Waals surface area contributed by atoms with Gasteiger partial charge in [0.15, 0.2) is 4.32 Å². The molecule has 22 heavy (non-hydrogen) atoms. The van der Waals surface area contributed by atoms with Crippen LogP contribution >= 0.6 is 47.2 Å². The third-order valence-corrected chi connectivity index (χ3v) is 4.82. The zero-order chi connectivity index (χ0) is 15.7. The minimum Gasteiger partial charge on any atom is -0.268 e. The highest BCUT2D eigenvalue weighted by Gasteiger charge is 2.33. The van der Waals surface area contributed by atoms with E-state index in [1.807, 2.05) is 18.2 Å². The lowest BCUT2D eigenvalue weighted by Gasteiger charge is -2.14. The molecule has 0 aromatic heterocycles. The number of hydrogen-bond donors (Lipinski definition) is 0. The molecule has 0 spiro atoms. The molecule has 1 amide bonds. The molecule has 2 aromatic carbocycles. The van der Waals surface area contributed by atoms with Gasteiger partial charge in [-0.15, -0.1) is 0 Å². The molecule has 0 bridgehead atoms. The number of carbonyl (C=O) groups is 1. The van der Waals surface area contributed by atoms with Gasteiger partial charge in [-0.3, -0.25) is 9.69 Å². The molecule has 110 valence electrons. The standard InChI is InChI=1S/C16H9Cl2NOS2/c17-11-6-4-10(5-7-11)8-14-15(20)19(16(21)22-14)13-3-1-2-12(18)9-13/h1-9H/b14-8-. The normalized spacial score (nSPS) is 16.6. The summed E-state index contributed by atoms with van der Waals surface area (Å²) < 4.78 is 0.493. The molecule has 3 rings (SSSR count).